The van der Waals surface area contributed by atoms with Gasteiger partial charge >= 0.3 is 6.18 Å². The van der Waals surface area contributed by atoms with E-state index in [0.717, 1.165) is 17.8 Å². The summed E-state index contributed by atoms with van der Waals surface area (Å²) in [7, 11) is 0. The summed E-state index contributed by atoms with van der Waals surface area (Å²) in [5.41, 5.74) is 1.14. The molecule has 0 aliphatic heterocycles. The lowest BCUT2D eigenvalue weighted by molar-refractivity contribution is -0.137. The molecule has 0 fully saturated rings. The van der Waals surface area contributed by atoms with Crippen LogP contribution in [0.1, 0.15) is 30.4 Å². The van der Waals surface area contributed by atoms with Crippen molar-refractivity contribution >= 4 is 28.7 Å². The van der Waals surface area contributed by atoms with E-state index < -0.39 is 11.7 Å². The maximum atomic E-state index is 13.0. The lowest BCUT2D eigenvalue weighted by Gasteiger charge is -2.15. The molecular weight excluding hydrogens is 381 g/mol. The molecule has 0 bridgehead atoms. The molecule has 1 atom stereocenters. The molecule has 5 nitrogen and oxygen atoms in total. The summed E-state index contributed by atoms with van der Waals surface area (Å²) < 4.78 is 40.6. The van der Waals surface area contributed by atoms with Crippen LogP contribution in [0, 0.1) is 0 Å². The monoisotopic (exact) mass is 398 g/mol. The first kappa shape index (κ1) is 18.9. The molecule has 2 heterocycles. The maximum absolute atomic E-state index is 13.0. The van der Waals surface area contributed by atoms with Gasteiger partial charge in [0, 0.05) is 12.6 Å². The van der Waals surface area contributed by atoms with E-state index in [4.69, 9.17) is 0 Å². The van der Waals surface area contributed by atoms with Gasteiger partial charge in [-0.15, -0.1) is 0 Å². The van der Waals surface area contributed by atoms with Crippen molar-refractivity contribution in [1.29, 1.82) is 0 Å². The second kappa shape index (κ2) is 7.20. The SMILES string of the molecule is C[C@@H](CC(=O)Nc1nc2cc(C(F)(F)F)cnc2n1C1=CC=C1)c1ccccc1. The minimum atomic E-state index is -4.52. The fourth-order valence-corrected chi connectivity index (χ4v) is 3.13. The number of benzene rings is 1. The van der Waals surface area contributed by atoms with E-state index in [1.54, 1.807) is 22.8 Å². The summed E-state index contributed by atoms with van der Waals surface area (Å²) in [6.45, 7) is 1.94. The molecule has 4 rings (SSSR count). The van der Waals surface area contributed by atoms with Crippen LogP contribution in [0.4, 0.5) is 19.1 Å². The van der Waals surface area contributed by atoms with Crippen molar-refractivity contribution in [1.82, 2.24) is 14.5 Å². The summed E-state index contributed by atoms with van der Waals surface area (Å²) in [6.07, 6.45) is 1.78. The molecule has 3 aromatic rings. The van der Waals surface area contributed by atoms with Crippen LogP contribution >= 0.6 is 0 Å². The third kappa shape index (κ3) is 3.78. The van der Waals surface area contributed by atoms with Gasteiger partial charge in [0.05, 0.1) is 11.3 Å². The first-order chi connectivity index (χ1) is 13.8. The number of carbonyl (C=O) groups is 1. The minimum absolute atomic E-state index is 0.0215. The highest BCUT2D eigenvalue weighted by Gasteiger charge is 2.32. The van der Waals surface area contributed by atoms with Crippen LogP contribution in [0.3, 0.4) is 0 Å². The summed E-state index contributed by atoms with van der Waals surface area (Å²) in [6, 6.07) is 10.5. The minimum Gasteiger partial charge on any atom is -0.296 e. The Labute approximate surface area is 164 Å². The predicted octanol–water partition coefficient (Wildman–Crippen LogP) is 4.99. The van der Waals surface area contributed by atoms with Crippen molar-refractivity contribution in [2.75, 3.05) is 5.32 Å². The van der Waals surface area contributed by atoms with Gasteiger partial charge in [-0.1, -0.05) is 43.3 Å². The van der Waals surface area contributed by atoms with Gasteiger partial charge in [-0.25, -0.2) is 9.97 Å². The van der Waals surface area contributed by atoms with E-state index >= 15 is 0 Å². The van der Waals surface area contributed by atoms with Gasteiger partial charge in [0.1, 0.15) is 5.52 Å². The Bertz CT molecular complexity index is 1130. The molecule has 1 aromatic carbocycles. The average molecular weight is 398 g/mol. The van der Waals surface area contributed by atoms with Gasteiger partial charge in [-0.3, -0.25) is 14.7 Å². The Balaban J connectivity index is 1.63. The Morgan fingerprint density at radius 1 is 1.24 bits per heavy atom. The molecule has 29 heavy (non-hydrogen) atoms. The Morgan fingerprint density at radius 3 is 2.59 bits per heavy atom. The zero-order valence-electron chi connectivity index (χ0n) is 15.4. The third-order valence-corrected chi connectivity index (χ3v) is 4.73. The van der Waals surface area contributed by atoms with Gasteiger partial charge in [-0.2, -0.15) is 13.2 Å². The number of rotatable bonds is 5. The van der Waals surface area contributed by atoms with E-state index in [2.05, 4.69) is 15.3 Å². The van der Waals surface area contributed by atoms with Gasteiger partial charge in [0.15, 0.2) is 5.65 Å². The number of nitrogens with zero attached hydrogens (tertiary/aromatic N) is 3. The molecule has 8 heteroatoms. The second-order valence-electron chi connectivity index (χ2n) is 6.85. The quantitative estimate of drug-likeness (QED) is 0.659. The lowest BCUT2D eigenvalue weighted by Crippen LogP contribution is -2.18. The number of aromatic nitrogens is 3. The summed E-state index contributed by atoms with van der Waals surface area (Å²) in [5, 5.41) is 2.72. The van der Waals surface area contributed by atoms with Crippen molar-refractivity contribution in [3.63, 3.8) is 0 Å². The zero-order chi connectivity index (χ0) is 20.6. The zero-order valence-corrected chi connectivity index (χ0v) is 15.4. The molecule has 1 aliphatic carbocycles. The van der Waals surface area contributed by atoms with Gasteiger partial charge in [0.2, 0.25) is 11.9 Å². The number of hydrogen-bond acceptors (Lipinski definition) is 3. The third-order valence-electron chi connectivity index (χ3n) is 4.73. The van der Waals surface area contributed by atoms with Crippen molar-refractivity contribution in [2.45, 2.75) is 25.4 Å². The number of amides is 1. The summed E-state index contributed by atoms with van der Waals surface area (Å²) >= 11 is 0. The molecule has 0 spiro atoms. The maximum Gasteiger partial charge on any atom is 0.417 e. The van der Waals surface area contributed by atoms with Crippen molar-refractivity contribution < 1.29 is 18.0 Å². The van der Waals surface area contributed by atoms with E-state index in [9.17, 15) is 18.0 Å². The number of nitrogens with one attached hydrogen (secondary N) is 1. The molecule has 148 valence electrons. The topological polar surface area (TPSA) is 59.8 Å². The molecule has 0 saturated heterocycles. The number of allylic oxidation sites excluding steroid dienone is 4. The summed E-state index contributed by atoms with van der Waals surface area (Å²) in [4.78, 5) is 20.7. The smallest absolute Gasteiger partial charge is 0.296 e. The summed E-state index contributed by atoms with van der Waals surface area (Å²) in [5.74, 6) is -0.155. The van der Waals surface area contributed by atoms with Crippen LogP contribution in [-0.2, 0) is 11.0 Å². The second-order valence-corrected chi connectivity index (χ2v) is 6.85. The van der Waals surface area contributed by atoms with Crippen molar-refractivity contribution in [3.8, 4) is 0 Å². The molecule has 0 unspecified atom stereocenters. The normalized spacial score (nSPS) is 14.4. The van der Waals surface area contributed by atoms with E-state index in [1.165, 1.54) is 0 Å². The molecule has 1 aliphatic rings. The number of carbonyl (C=O) groups excluding carboxylic acids is 1. The number of halogens is 3. The largest absolute Gasteiger partial charge is 0.417 e. The molecular formula is C21H17F3N4O. The number of hydrogen-bond donors (Lipinski definition) is 1. The number of imidazole rings is 1. The number of alkyl halides is 3. The first-order valence-electron chi connectivity index (χ1n) is 9.02. The van der Waals surface area contributed by atoms with Crippen LogP contribution in [-0.4, -0.2) is 20.4 Å². The number of anilines is 1. The van der Waals surface area contributed by atoms with Crippen LogP contribution in [0.15, 0.2) is 60.8 Å². The number of pyridine rings is 1. The molecule has 2 aromatic heterocycles. The lowest BCUT2D eigenvalue weighted by atomic mass is 9.98. The highest BCUT2D eigenvalue weighted by Crippen LogP contribution is 2.33. The fourth-order valence-electron chi connectivity index (χ4n) is 3.13. The van der Waals surface area contributed by atoms with Crippen LogP contribution in [0.2, 0.25) is 0 Å². The van der Waals surface area contributed by atoms with Gasteiger partial charge in [-0.05, 0) is 29.7 Å². The van der Waals surface area contributed by atoms with E-state index in [1.807, 2.05) is 37.3 Å². The van der Waals surface area contributed by atoms with E-state index in [0.29, 0.717) is 5.70 Å². The molecule has 1 N–H and O–H groups in total. The Morgan fingerprint density at radius 2 is 1.97 bits per heavy atom. The predicted molar refractivity (Wildman–Crippen MR) is 104 cm³/mol. The van der Waals surface area contributed by atoms with Crippen LogP contribution in [0.5, 0.6) is 0 Å². The fraction of sp³-hybridized carbons (Fsp3) is 0.190. The van der Waals surface area contributed by atoms with Gasteiger partial charge in [0.25, 0.3) is 0 Å². The van der Waals surface area contributed by atoms with Gasteiger partial charge < -0.3 is 0 Å². The average Bonchev–Trinajstić information content (AvgIpc) is 2.97. The highest BCUT2D eigenvalue weighted by molar-refractivity contribution is 5.94. The molecule has 1 amide bonds. The molecule has 0 saturated carbocycles. The molecule has 0 radical (unpaired) electrons. The van der Waals surface area contributed by atoms with Crippen molar-refractivity contribution in [2.24, 2.45) is 0 Å². The van der Waals surface area contributed by atoms with Crippen LogP contribution in [0.25, 0.3) is 16.9 Å². The van der Waals surface area contributed by atoms with Crippen molar-refractivity contribution in [3.05, 3.63) is 72.0 Å². The van der Waals surface area contributed by atoms with E-state index in [-0.39, 0.29) is 35.4 Å². The number of fused-ring (bicyclic) bond motifs is 1. The first-order valence-corrected chi connectivity index (χ1v) is 9.02. The Hall–Kier alpha value is -3.42. The standard InChI is InChI=1S/C21H17F3N4O/c1-13(14-6-3-2-4-7-14)10-18(29)27-20-26-17-11-15(21(22,23)24)12-25-19(17)28(20)16-8-5-9-16/h2-9,11-13H,10H2,1H3,(H,26,27,29)/t13-/m0/s1. The highest BCUT2D eigenvalue weighted by atomic mass is 19.4. The Kier molecular flexibility index (Phi) is 4.70. The van der Waals surface area contributed by atoms with Crippen LogP contribution < -0.4 is 5.32 Å².